The number of anilines is 1. The van der Waals surface area contributed by atoms with Crippen LogP contribution in [-0.2, 0) is 6.42 Å². The number of fused-ring (bicyclic) bond motifs is 1. The fourth-order valence-electron chi connectivity index (χ4n) is 2.60. The van der Waals surface area contributed by atoms with E-state index < -0.39 is 5.91 Å². The number of carbonyl (C=O) groups excluding carboxylic acids is 1. The highest BCUT2D eigenvalue weighted by atomic mass is 79.9. The van der Waals surface area contributed by atoms with Crippen LogP contribution in [0.1, 0.15) is 39.7 Å². The van der Waals surface area contributed by atoms with Crippen LogP contribution in [0.5, 0.6) is 0 Å². The third-order valence-corrected chi connectivity index (χ3v) is 5.31. The molecule has 1 heterocycles. The van der Waals surface area contributed by atoms with Crippen molar-refractivity contribution in [3.8, 4) is 0 Å². The fraction of sp³-hybridized carbons (Fsp3) is 0.267. The van der Waals surface area contributed by atoms with Gasteiger partial charge >= 0.3 is 0 Å². The van der Waals surface area contributed by atoms with Gasteiger partial charge in [-0.25, -0.2) is 0 Å². The summed E-state index contributed by atoms with van der Waals surface area (Å²) in [4.78, 5) is 12.5. The molecule has 5 heteroatoms. The Morgan fingerprint density at radius 2 is 2.10 bits per heavy atom. The molecule has 0 fully saturated rings. The first-order valence-corrected chi connectivity index (χ1v) is 8.19. The van der Waals surface area contributed by atoms with Crippen molar-refractivity contribution in [1.29, 1.82) is 0 Å². The van der Waals surface area contributed by atoms with E-state index in [0.29, 0.717) is 11.6 Å². The maximum atomic E-state index is 11.1. The van der Waals surface area contributed by atoms with Crippen molar-refractivity contribution >= 4 is 38.9 Å². The summed E-state index contributed by atoms with van der Waals surface area (Å²) < 4.78 is 1.19. The predicted molar refractivity (Wildman–Crippen MR) is 86.3 cm³/mol. The van der Waals surface area contributed by atoms with Crippen LogP contribution in [0.15, 0.2) is 34.1 Å². The van der Waals surface area contributed by atoms with E-state index in [2.05, 4.69) is 27.3 Å². The topological polar surface area (TPSA) is 55.1 Å². The average Bonchev–Trinajstić information content (AvgIpc) is 2.81. The first-order valence-electron chi connectivity index (χ1n) is 6.58. The Morgan fingerprint density at radius 3 is 2.80 bits per heavy atom. The van der Waals surface area contributed by atoms with Gasteiger partial charge in [-0.05, 0) is 71.1 Å². The second-order valence-electron chi connectivity index (χ2n) is 4.96. The Morgan fingerprint density at radius 1 is 1.35 bits per heavy atom. The largest absolute Gasteiger partial charge is 0.378 e. The Labute approximate surface area is 130 Å². The van der Waals surface area contributed by atoms with Gasteiger partial charge in [0.2, 0.25) is 5.91 Å². The summed E-state index contributed by atoms with van der Waals surface area (Å²) in [6, 6.07) is 9.91. The van der Waals surface area contributed by atoms with Crippen LogP contribution in [0.25, 0.3) is 0 Å². The molecule has 0 saturated carbocycles. The number of rotatable bonds is 3. The summed E-state index contributed by atoms with van der Waals surface area (Å²) in [5.74, 6) is -0.390. The standard InChI is InChI=1S/C15H15BrN2OS/c16-14-8-11-12(2-1-3-13(11)20-14)18-10-6-4-9(5-7-10)15(17)19/h4-8,12,18H,1-3H2,(H2,17,19). The number of primary amides is 1. The molecule has 1 aliphatic carbocycles. The van der Waals surface area contributed by atoms with E-state index in [0.717, 1.165) is 12.1 Å². The van der Waals surface area contributed by atoms with Crippen molar-refractivity contribution in [3.05, 3.63) is 50.1 Å². The first kappa shape index (κ1) is 13.6. The molecule has 3 nitrogen and oxygen atoms in total. The number of thiophene rings is 1. The number of halogens is 1. The molecule has 0 bridgehead atoms. The minimum atomic E-state index is -0.390. The molecule has 0 spiro atoms. The predicted octanol–water partition coefficient (Wildman–Crippen LogP) is 4.10. The molecule has 1 aliphatic rings. The van der Waals surface area contributed by atoms with Gasteiger partial charge in [0.1, 0.15) is 0 Å². The number of amides is 1. The highest BCUT2D eigenvalue weighted by Crippen LogP contribution is 2.39. The number of benzene rings is 1. The van der Waals surface area contributed by atoms with Crippen molar-refractivity contribution in [2.45, 2.75) is 25.3 Å². The Hall–Kier alpha value is -1.33. The quantitative estimate of drug-likeness (QED) is 0.875. The number of nitrogens with two attached hydrogens (primary N) is 1. The molecule has 0 aliphatic heterocycles. The van der Waals surface area contributed by atoms with Gasteiger partial charge in [0.05, 0.1) is 9.83 Å². The molecule has 1 atom stereocenters. The van der Waals surface area contributed by atoms with Crippen molar-refractivity contribution in [1.82, 2.24) is 0 Å². The zero-order valence-corrected chi connectivity index (χ0v) is 13.3. The van der Waals surface area contributed by atoms with Crippen LogP contribution in [-0.4, -0.2) is 5.91 Å². The second-order valence-corrected chi connectivity index (χ2v) is 7.48. The maximum absolute atomic E-state index is 11.1. The summed E-state index contributed by atoms with van der Waals surface area (Å²) in [6.07, 6.45) is 3.51. The zero-order chi connectivity index (χ0) is 14.1. The van der Waals surface area contributed by atoms with Crippen molar-refractivity contribution in [2.75, 3.05) is 5.32 Å². The highest BCUT2D eigenvalue weighted by Gasteiger charge is 2.22. The smallest absolute Gasteiger partial charge is 0.248 e. The van der Waals surface area contributed by atoms with Crippen LogP contribution >= 0.6 is 27.3 Å². The van der Waals surface area contributed by atoms with Crippen LogP contribution < -0.4 is 11.1 Å². The molecule has 1 aromatic carbocycles. The van der Waals surface area contributed by atoms with E-state index in [9.17, 15) is 4.79 Å². The highest BCUT2D eigenvalue weighted by molar-refractivity contribution is 9.11. The average molecular weight is 351 g/mol. The first-order chi connectivity index (χ1) is 9.63. The van der Waals surface area contributed by atoms with E-state index in [4.69, 9.17) is 5.73 Å². The molecule has 3 N–H and O–H groups in total. The number of carbonyl (C=O) groups is 1. The van der Waals surface area contributed by atoms with Crippen LogP contribution in [0.2, 0.25) is 0 Å². The minimum absolute atomic E-state index is 0.348. The summed E-state index contributed by atoms with van der Waals surface area (Å²) in [6.45, 7) is 0. The van der Waals surface area contributed by atoms with Gasteiger partial charge in [-0.2, -0.15) is 0 Å². The molecule has 104 valence electrons. The fourth-order valence-corrected chi connectivity index (χ4v) is 4.42. The second kappa shape index (κ2) is 5.58. The molecule has 1 aromatic heterocycles. The molecule has 2 aromatic rings. The van der Waals surface area contributed by atoms with E-state index in [1.807, 2.05) is 23.5 Å². The number of hydrogen-bond acceptors (Lipinski definition) is 3. The Bertz CT molecular complexity index is 636. The zero-order valence-electron chi connectivity index (χ0n) is 10.9. The maximum Gasteiger partial charge on any atom is 0.248 e. The number of hydrogen-bond donors (Lipinski definition) is 2. The molecular formula is C15H15BrN2OS. The molecule has 0 radical (unpaired) electrons. The Balaban J connectivity index is 1.80. The number of aryl methyl sites for hydroxylation is 1. The monoisotopic (exact) mass is 350 g/mol. The molecular weight excluding hydrogens is 336 g/mol. The SMILES string of the molecule is NC(=O)c1ccc(NC2CCCc3sc(Br)cc32)cc1. The summed E-state index contributed by atoms with van der Waals surface area (Å²) in [7, 11) is 0. The van der Waals surface area contributed by atoms with Crippen molar-refractivity contribution < 1.29 is 4.79 Å². The van der Waals surface area contributed by atoms with E-state index >= 15 is 0 Å². The van der Waals surface area contributed by atoms with Crippen molar-refractivity contribution in [2.24, 2.45) is 5.73 Å². The summed E-state index contributed by atoms with van der Waals surface area (Å²) in [5, 5.41) is 3.55. The summed E-state index contributed by atoms with van der Waals surface area (Å²) >= 11 is 5.40. The molecule has 3 rings (SSSR count). The van der Waals surface area contributed by atoms with Crippen LogP contribution in [0, 0.1) is 0 Å². The lowest BCUT2D eigenvalue weighted by molar-refractivity contribution is 0.100. The molecule has 1 amide bonds. The van der Waals surface area contributed by atoms with Gasteiger partial charge in [0.25, 0.3) is 0 Å². The lowest BCUT2D eigenvalue weighted by atomic mass is 9.94. The van der Waals surface area contributed by atoms with E-state index in [1.54, 1.807) is 12.1 Å². The van der Waals surface area contributed by atoms with Gasteiger partial charge in [-0.15, -0.1) is 11.3 Å². The van der Waals surface area contributed by atoms with Gasteiger partial charge < -0.3 is 11.1 Å². The van der Waals surface area contributed by atoms with Gasteiger partial charge in [0.15, 0.2) is 0 Å². The molecule has 20 heavy (non-hydrogen) atoms. The van der Waals surface area contributed by atoms with E-state index in [-0.39, 0.29) is 0 Å². The van der Waals surface area contributed by atoms with Gasteiger partial charge in [0, 0.05) is 16.1 Å². The van der Waals surface area contributed by atoms with Crippen molar-refractivity contribution in [3.63, 3.8) is 0 Å². The lowest BCUT2D eigenvalue weighted by Gasteiger charge is -2.24. The van der Waals surface area contributed by atoms with Crippen LogP contribution in [0.4, 0.5) is 5.69 Å². The third kappa shape index (κ3) is 2.74. The lowest BCUT2D eigenvalue weighted by Crippen LogP contribution is -2.16. The molecule has 1 unspecified atom stereocenters. The third-order valence-electron chi connectivity index (χ3n) is 3.59. The van der Waals surface area contributed by atoms with E-state index in [1.165, 1.54) is 27.1 Å². The Kier molecular flexibility index (Phi) is 3.81. The number of nitrogens with one attached hydrogen (secondary N) is 1. The summed E-state index contributed by atoms with van der Waals surface area (Å²) in [5.41, 5.74) is 8.21. The van der Waals surface area contributed by atoms with Crippen LogP contribution in [0.3, 0.4) is 0 Å². The van der Waals surface area contributed by atoms with Gasteiger partial charge in [-0.1, -0.05) is 0 Å². The van der Waals surface area contributed by atoms with Gasteiger partial charge in [-0.3, -0.25) is 4.79 Å². The normalized spacial score (nSPS) is 17.6. The minimum Gasteiger partial charge on any atom is -0.378 e. The molecule has 0 saturated heterocycles.